The standard InChI is InChI=1S/C8H15N/c1-6(2)8(5-9)7(3)4/h5-6,9H,1-4H3. The Balaban J connectivity index is 4.34. The molecule has 0 aliphatic carbocycles. The van der Waals surface area contributed by atoms with Crippen LogP contribution in [0.4, 0.5) is 0 Å². The van der Waals surface area contributed by atoms with Gasteiger partial charge in [-0.15, -0.1) is 0 Å². The summed E-state index contributed by atoms with van der Waals surface area (Å²) in [4.78, 5) is 0. The summed E-state index contributed by atoms with van der Waals surface area (Å²) in [5.74, 6) is 0.493. The van der Waals surface area contributed by atoms with Crippen molar-refractivity contribution >= 4 is 6.21 Å². The largest absolute Gasteiger partial charge is 0.308 e. The van der Waals surface area contributed by atoms with E-state index in [1.807, 2.05) is 13.8 Å². The highest BCUT2D eigenvalue weighted by molar-refractivity contribution is 5.77. The Labute approximate surface area is 57.3 Å². The van der Waals surface area contributed by atoms with Crippen molar-refractivity contribution in [3.63, 3.8) is 0 Å². The van der Waals surface area contributed by atoms with Crippen LogP contribution in [0.2, 0.25) is 0 Å². The zero-order chi connectivity index (χ0) is 7.44. The summed E-state index contributed by atoms with van der Waals surface area (Å²) in [6, 6.07) is 0. The van der Waals surface area contributed by atoms with Gasteiger partial charge in [0.15, 0.2) is 0 Å². The molecule has 0 aromatic carbocycles. The maximum atomic E-state index is 7.04. The molecule has 9 heavy (non-hydrogen) atoms. The van der Waals surface area contributed by atoms with E-state index >= 15 is 0 Å². The van der Waals surface area contributed by atoms with Crippen molar-refractivity contribution in [1.82, 2.24) is 0 Å². The van der Waals surface area contributed by atoms with Crippen molar-refractivity contribution in [3.05, 3.63) is 11.1 Å². The quantitative estimate of drug-likeness (QED) is 0.548. The van der Waals surface area contributed by atoms with Crippen LogP contribution in [0, 0.1) is 11.3 Å². The van der Waals surface area contributed by atoms with Crippen LogP contribution in [0.15, 0.2) is 11.1 Å². The van der Waals surface area contributed by atoms with Crippen LogP contribution >= 0.6 is 0 Å². The van der Waals surface area contributed by atoms with Gasteiger partial charge in [0.2, 0.25) is 0 Å². The van der Waals surface area contributed by atoms with E-state index in [1.165, 1.54) is 11.8 Å². The first-order valence-electron chi connectivity index (χ1n) is 3.27. The molecule has 52 valence electrons. The van der Waals surface area contributed by atoms with Crippen LogP contribution < -0.4 is 0 Å². The van der Waals surface area contributed by atoms with Gasteiger partial charge in [0.1, 0.15) is 0 Å². The molecule has 0 unspecified atom stereocenters. The lowest BCUT2D eigenvalue weighted by Crippen LogP contribution is -1.96. The molecule has 0 aliphatic rings. The van der Waals surface area contributed by atoms with Gasteiger partial charge in [-0.2, -0.15) is 0 Å². The van der Waals surface area contributed by atoms with E-state index in [0.29, 0.717) is 5.92 Å². The highest BCUT2D eigenvalue weighted by atomic mass is 14.3. The third-order valence-electron chi connectivity index (χ3n) is 1.35. The molecule has 0 heterocycles. The lowest BCUT2D eigenvalue weighted by atomic mass is 10.0. The zero-order valence-electron chi connectivity index (χ0n) is 6.65. The molecule has 0 saturated carbocycles. The van der Waals surface area contributed by atoms with Gasteiger partial charge in [0, 0.05) is 6.21 Å². The summed E-state index contributed by atoms with van der Waals surface area (Å²) in [6.07, 6.45) is 1.44. The van der Waals surface area contributed by atoms with Crippen LogP contribution in [0.5, 0.6) is 0 Å². The second-order valence-electron chi connectivity index (χ2n) is 2.75. The first-order valence-corrected chi connectivity index (χ1v) is 3.27. The molecule has 0 aliphatic heterocycles. The van der Waals surface area contributed by atoms with Crippen molar-refractivity contribution < 1.29 is 0 Å². The first-order chi connectivity index (χ1) is 4.09. The summed E-state index contributed by atoms with van der Waals surface area (Å²) in [7, 11) is 0. The SMILES string of the molecule is CC(C)=C(C=N)C(C)C. The first kappa shape index (κ1) is 8.41. The van der Waals surface area contributed by atoms with Gasteiger partial charge in [-0.1, -0.05) is 19.4 Å². The predicted octanol–water partition coefficient (Wildman–Crippen LogP) is 2.63. The van der Waals surface area contributed by atoms with Gasteiger partial charge >= 0.3 is 0 Å². The molecule has 1 nitrogen and oxygen atoms in total. The number of hydrogen-bond donors (Lipinski definition) is 1. The van der Waals surface area contributed by atoms with Gasteiger partial charge < -0.3 is 5.41 Å². The highest BCUT2D eigenvalue weighted by Gasteiger charge is 1.99. The highest BCUT2D eigenvalue weighted by Crippen LogP contribution is 2.10. The van der Waals surface area contributed by atoms with E-state index in [-0.39, 0.29) is 0 Å². The minimum atomic E-state index is 0.493. The van der Waals surface area contributed by atoms with Gasteiger partial charge in [-0.05, 0) is 25.3 Å². The molecule has 0 saturated heterocycles. The summed E-state index contributed by atoms with van der Waals surface area (Å²) in [5.41, 5.74) is 2.40. The Morgan fingerprint density at radius 3 is 1.78 bits per heavy atom. The van der Waals surface area contributed by atoms with Crippen molar-refractivity contribution in [2.45, 2.75) is 27.7 Å². The van der Waals surface area contributed by atoms with Gasteiger partial charge in [0.25, 0.3) is 0 Å². The minimum Gasteiger partial charge on any atom is -0.308 e. The van der Waals surface area contributed by atoms with Gasteiger partial charge in [0.05, 0.1) is 0 Å². The molecule has 0 bridgehead atoms. The fourth-order valence-corrected chi connectivity index (χ4v) is 0.888. The Morgan fingerprint density at radius 2 is 1.78 bits per heavy atom. The lowest BCUT2D eigenvalue weighted by Gasteiger charge is -2.06. The Hall–Kier alpha value is -0.590. The second-order valence-corrected chi connectivity index (χ2v) is 2.75. The summed E-state index contributed by atoms with van der Waals surface area (Å²) < 4.78 is 0. The number of hydrogen-bond acceptors (Lipinski definition) is 1. The molecular formula is C8H15N. The maximum absolute atomic E-state index is 7.04. The molecule has 0 spiro atoms. The zero-order valence-corrected chi connectivity index (χ0v) is 6.65. The van der Waals surface area contributed by atoms with Crippen LogP contribution in [0.25, 0.3) is 0 Å². The molecule has 0 fully saturated rings. The second kappa shape index (κ2) is 3.44. The van der Waals surface area contributed by atoms with Gasteiger partial charge in [-0.25, -0.2) is 0 Å². The normalized spacial score (nSPS) is 9.44. The molecule has 1 heteroatoms. The van der Waals surface area contributed by atoms with Crippen LogP contribution in [0.3, 0.4) is 0 Å². The van der Waals surface area contributed by atoms with Crippen molar-refractivity contribution in [3.8, 4) is 0 Å². The lowest BCUT2D eigenvalue weighted by molar-refractivity contribution is 0.794. The van der Waals surface area contributed by atoms with Crippen molar-refractivity contribution in [1.29, 1.82) is 5.41 Å². The molecule has 0 aromatic rings. The molecule has 0 amide bonds. The van der Waals surface area contributed by atoms with Gasteiger partial charge in [-0.3, -0.25) is 0 Å². The average Bonchev–Trinajstić information content (AvgIpc) is 1.64. The van der Waals surface area contributed by atoms with E-state index in [1.54, 1.807) is 0 Å². The van der Waals surface area contributed by atoms with Crippen molar-refractivity contribution in [2.24, 2.45) is 5.92 Å². The monoisotopic (exact) mass is 125 g/mol. The molecule has 1 N–H and O–H groups in total. The third kappa shape index (κ3) is 2.45. The number of nitrogens with one attached hydrogen (secondary N) is 1. The van der Waals surface area contributed by atoms with Crippen molar-refractivity contribution in [2.75, 3.05) is 0 Å². The molecule has 0 aromatic heterocycles. The summed E-state index contributed by atoms with van der Waals surface area (Å²) in [6.45, 7) is 8.29. The van der Waals surface area contributed by atoms with E-state index in [0.717, 1.165) is 5.57 Å². The van der Waals surface area contributed by atoms with Crippen LogP contribution in [0.1, 0.15) is 27.7 Å². The van der Waals surface area contributed by atoms with Crippen LogP contribution in [-0.2, 0) is 0 Å². The number of allylic oxidation sites excluding steroid dienone is 2. The van der Waals surface area contributed by atoms with E-state index in [2.05, 4.69) is 13.8 Å². The van der Waals surface area contributed by atoms with E-state index in [9.17, 15) is 0 Å². The fraction of sp³-hybridized carbons (Fsp3) is 0.625. The smallest absolute Gasteiger partial charge is 0.0211 e. The molecule has 0 radical (unpaired) electrons. The Bertz CT molecular complexity index is 128. The average molecular weight is 125 g/mol. The molecule has 0 rings (SSSR count). The maximum Gasteiger partial charge on any atom is 0.0211 e. The predicted molar refractivity (Wildman–Crippen MR) is 42.0 cm³/mol. The summed E-state index contributed by atoms with van der Waals surface area (Å²) in [5, 5.41) is 7.04. The topological polar surface area (TPSA) is 23.9 Å². The third-order valence-corrected chi connectivity index (χ3v) is 1.35. The Kier molecular flexibility index (Phi) is 3.21. The minimum absolute atomic E-state index is 0.493. The fourth-order valence-electron chi connectivity index (χ4n) is 0.888. The number of rotatable bonds is 2. The summed E-state index contributed by atoms with van der Waals surface area (Å²) >= 11 is 0. The molecular weight excluding hydrogens is 110 g/mol. The molecule has 0 atom stereocenters. The van der Waals surface area contributed by atoms with Crippen LogP contribution in [-0.4, -0.2) is 6.21 Å². The van der Waals surface area contributed by atoms with E-state index in [4.69, 9.17) is 5.41 Å². The Morgan fingerprint density at radius 1 is 1.33 bits per heavy atom. The van der Waals surface area contributed by atoms with E-state index < -0.39 is 0 Å².